The molecule has 12 heteroatoms. The van der Waals surface area contributed by atoms with E-state index in [2.05, 4.69) is 5.32 Å². The maximum atomic E-state index is 14.3. The minimum absolute atomic E-state index is 0.0622. The number of halogens is 1. The summed E-state index contributed by atoms with van der Waals surface area (Å²) in [5.74, 6) is -0.169. The van der Waals surface area contributed by atoms with Crippen molar-refractivity contribution in [2.45, 2.75) is 37.6 Å². The van der Waals surface area contributed by atoms with Crippen molar-refractivity contribution in [2.75, 3.05) is 45.3 Å². The van der Waals surface area contributed by atoms with Gasteiger partial charge in [-0.2, -0.15) is 0 Å². The van der Waals surface area contributed by atoms with Crippen LogP contribution in [0.15, 0.2) is 71.6 Å². The molecule has 0 radical (unpaired) electrons. The van der Waals surface area contributed by atoms with E-state index in [1.807, 2.05) is 30.3 Å². The lowest BCUT2D eigenvalue weighted by Gasteiger charge is -2.33. The zero-order valence-electron chi connectivity index (χ0n) is 25.0. The number of ether oxygens (including phenoxy) is 3. The first-order valence-corrected chi connectivity index (χ1v) is 15.6. The van der Waals surface area contributed by atoms with Crippen LogP contribution in [0.3, 0.4) is 0 Å². The number of sulfonamides is 1. The number of likely N-dealkylation sites (N-methyl/N-ethyl adjacent to an activating group) is 1. The Balaban J connectivity index is 2.12. The molecule has 3 aromatic rings. The standard InChI is InChI=1S/C31H38ClN3O7S/c1-6-25(31(37)33-7-2)34(18-17-22-11-9-8-10-12-22)30(36)21-35(26-19-23(32)13-15-27(26)40-3)43(38,39)24-14-16-28(41-4)29(20-24)42-5/h8-16,19-20,25H,6-7,17-18,21H2,1-5H3,(H,33,37)/t25-/m0/s1. The SMILES string of the molecule is CCNC(=O)[C@H](CC)N(CCc1ccccc1)C(=O)CN(c1cc(Cl)ccc1OC)S(=O)(=O)c1ccc(OC)c(OC)c1. The van der Waals surface area contributed by atoms with Crippen molar-refractivity contribution in [3.05, 3.63) is 77.3 Å². The summed E-state index contributed by atoms with van der Waals surface area (Å²) < 4.78 is 45.6. The van der Waals surface area contributed by atoms with E-state index in [1.165, 1.54) is 56.6 Å². The average molecular weight is 632 g/mol. The largest absolute Gasteiger partial charge is 0.495 e. The van der Waals surface area contributed by atoms with E-state index in [1.54, 1.807) is 19.9 Å². The molecule has 3 rings (SSSR count). The summed E-state index contributed by atoms with van der Waals surface area (Å²) in [4.78, 5) is 28.5. The van der Waals surface area contributed by atoms with E-state index in [9.17, 15) is 18.0 Å². The molecular weight excluding hydrogens is 594 g/mol. The van der Waals surface area contributed by atoms with E-state index < -0.39 is 28.5 Å². The van der Waals surface area contributed by atoms with Crippen molar-refractivity contribution in [1.29, 1.82) is 0 Å². The summed E-state index contributed by atoms with van der Waals surface area (Å²) in [7, 11) is -0.179. The maximum absolute atomic E-state index is 14.3. The van der Waals surface area contributed by atoms with Crippen LogP contribution in [-0.4, -0.2) is 72.1 Å². The van der Waals surface area contributed by atoms with Gasteiger partial charge in [0.1, 0.15) is 18.3 Å². The van der Waals surface area contributed by atoms with Gasteiger partial charge < -0.3 is 24.4 Å². The van der Waals surface area contributed by atoms with Crippen LogP contribution >= 0.6 is 11.6 Å². The Hall–Kier alpha value is -3.96. The van der Waals surface area contributed by atoms with Gasteiger partial charge in [-0.3, -0.25) is 13.9 Å². The number of methoxy groups -OCH3 is 3. The molecule has 1 atom stereocenters. The highest BCUT2D eigenvalue weighted by Gasteiger charge is 2.35. The summed E-state index contributed by atoms with van der Waals surface area (Å²) in [5, 5.41) is 3.03. The van der Waals surface area contributed by atoms with Crippen LogP contribution in [0, 0.1) is 0 Å². The van der Waals surface area contributed by atoms with E-state index >= 15 is 0 Å². The third-order valence-corrected chi connectivity index (χ3v) is 8.84. The number of nitrogens with one attached hydrogen (secondary N) is 1. The predicted molar refractivity (Wildman–Crippen MR) is 167 cm³/mol. The molecule has 3 aromatic carbocycles. The van der Waals surface area contributed by atoms with Crippen LogP contribution in [0.4, 0.5) is 5.69 Å². The van der Waals surface area contributed by atoms with Gasteiger partial charge in [-0.15, -0.1) is 0 Å². The number of anilines is 1. The summed E-state index contributed by atoms with van der Waals surface area (Å²) in [6, 6.07) is 17.4. The van der Waals surface area contributed by atoms with Gasteiger partial charge in [0, 0.05) is 24.2 Å². The van der Waals surface area contributed by atoms with Gasteiger partial charge in [-0.05, 0) is 55.7 Å². The Kier molecular flexibility index (Phi) is 12.1. The van der Waals surface area contributed by atoms with Crippen LogP contribution in [-0.2, 0) is 26.0 Å². The van der Waals surface area contributed by atoms with E-state index in [-0.39, 0.29) is 39.6 Å². The Morgan fingerprint density at radius 3 is 2.14 bits per heavy atom. The van der Waals surface area contributed by atoms with E-state index in [0.717, 1.165) is 9.87 Å². The van der Waals surface area contributed by atoms with Gasteiger partial charge in [-0.1, -0.05) is 48.9 Å². The molecule has 0 unspecified atom stereocenters. The van der Waals surface area contributed by atoms with Gasteiger partial charge in [0.05, 0.1) is 31.9 Å². The lowest BCUT2D eigenvalue weighted by molar-refractivity contribution is -0.139. The first-order chi connectivity index (χ1) is 20.6. The molecule has 0 aliphatic heterocycles. The fraction of sp³-hybridized carbons (Fsp3) is 0.355. The Bertz CT molecular complexity index is 1500. The second kappa shape index (κ2) is 15.5. The third kappa shape index (κ3) is 8.11. The van der Waals surface area contributed by atoms with Gasteiger partial charge in [-0.25, -0.2) is 8.42 Å². The smallest absolute Gasteiger partial charge is 0.265 e. The highest BCUT2D eigenvalue weighted by Crippen LogP contribution is 2.37. The van der Waals surface area contributed by atoms with Crippen molar-refractivity contribution in [3.63, 3.8) is 0 Å². The molecule has 1 N–H and O–H groups in total. The molecule has 10 nitrogen and oxygen atoms in total. The topological polar surface area (TPSA) is 114 Å². The highest BCUT2D eigenvalue weighted by molar-refractivity contribution is 7.92. The molecule has 0 saturated carbocycles. The first kappa shape index (κ1) is 33.5. The molecule has 232 valence electrons. The van der Waals surface area contributed by atoms with Gasteiger partial charge >= 0.3 is 0 Å². The maximum Gasteiger partial charge on any atom is 0.265 e. The number of carbonyl (C=O) groups is 2. The molecule has 0 bridgehead atoms. The highest BCUT2D eigenvalue weighted by atomic mass is 35.5. The zero-order valence-corrected chi connectivity index (χ0v) is 26.6. The summed E-state index contributed by atoms with van der Waals surface area (Å²) in [6.45, 7) is 3.55. The van der Waals surface area contributed by atoms with Crippen LogP contribution in [0.2, 0.25) is 5.02 Å². The van der Waals surface area contributed by atoms with E-state index in [0.29, 0.717) is 25.1 Å². The van der Waals surface area contributed by atoms with Gasteiger partial charge in [0.15, 0.2) is 11.5 Å². The Morgan fingerprint density at radius 2 is 1.53 bits per heavy atom. The van der Waals surface area contributed by atoms with Crippen LogP contribution in [0.25, 0.3) is 0 Å². The lowest BCUT2D eigenvalue weighted by atomic mass is 10.1. The molecule has 0 aliphatic rings. The molecule has 0 aromatic heterocycles. The summed E-state index contributed by atoms with van der Waals surface area (Å²) in [5.41, 5.74) is 1.03. The number of nitrogens with zero attached hydrogens (tertiary/aromatic N) is 2. The molecule has 0 saturated heterocycles. The Morgan fingerprint density at radius 1 is 0.884 bits per heavy atom. The van der Waals surface area contributed by atoms with E-state index in [4.69, 9.17) is 25.8 Å². The fourth-order valence-corrected chi connectivity index (χ4v) is 6.26. The zero-order chi connectivity index (χ0) is 31.6. The first-order valence-electron chi connectivity index (χ1n) is 13.8. The van der Waals surface area contributed by atoms with Crippen LogP contribution in [0.1, 0.15) is 25.8 Å². The Labute approximate surface area is 258 Å². The second-order valence-corrected chi connectivity index (χ2v) is 11.8. The molecule has 0 spiro atoms. The lowest BCUT2D eigenvalue weighted by Crippen LogP contribution is -2.53. The monoisotopic (exact) mass is 631 g/mol. The van der Waals surface area contributed by atoms with Crippen molar-refractivity contribution < 1.29 is 32.2 Å². The van der Waals surface area contributed by atoms with Crippen LogP contribution < -0.4 is 23.8 Å². The molecule has 43 heavy (non-hydrogen) atoms. The van der Waals surface area contributed by atoms with Crippen molar-refractivity contribution in [2.24, 2.45) is 0 Å². The minimum Gasteiger partial charge on any atom is -0.495 e. The van der Waals surface area contributed by atoms with Crippen molar-refractivity contribution in [3.8, 4) is 17.2 Å². The predicted octanol–water partition coefficient (Wildman–Crippen LogP) is 4.55. The molecule has 0 fully saturated rings. The number of rotatable bonds is 15. The van der Waals surface area contributed by atoms with Crippen molar-refractivity contribution in [1.82, 2.24) is 10.2 Å². The quantitative estimate of drug-likeness (QED) is 0.262. The summed E-state index contributed by atoms with van der Waals surface area (Å²) in [6.07, 6.45) is 0.792. The number of hydrogen-bond acceptors (Lipinski definition) is 7. The van der Waals surface area contributed by atoms with Crippen molar-refractivity contribution >= 4 is 39.1 Å². The van der Waals surface area contributed by atoms with Gasteiger partial charge in [0.2, 0.25) is 11.8 Å². The molecule has 0 heterocycles. The van der Waals surface area contributed by atoms with Crippen LogP contribution in [0.5, 0.6) is 17.2 Å². The second-order valence-electron chi connectivity index (χ2n) is 9.49. The fourth-order valence-electron chi connectivity index (χ4n) is 4.66. The normalized spacial score (nSPS) is 11.8. The summed E-state index contributed by atoms with van der Waals surface area (Å²) >= 11 is 6.31. The number of carbonyl (C=O) groups excluding carboxylic acids is 2. The molecular formula is C31H38ClN3O7S. The molecule has 0 aliphatic carbocycles. The molecule has 2 amide bonds. The number of amides is 2. The average Bonchev–Trinajstić information content (AvgIpc) is 3.01. The minimum atomic E-state index is -4.41. The number of benzene rings is 3. The number of hydrogen-bond donors (Lipinski definition) is 1. The van der Waals surface area contributed by atoms with Gasteiger partial charge in [0.25, 0.3) is 10.0 Å². The third-order valence-electron chi connectivity index (χ3n) is 6.85.